The molecule has 8 nitrogen and oxygen atoms in total. The quantitative estimate of drug-likeness (QED) is 0.238. The predicted octanol–water partition coefficient (Wildman–Crippen LogP) is 2.64. The van der Waals surface area contributed by atoms with E-state index in [1.807, 2.05) is 19.1 Å². The second-order valence-electron chi connectivity index (χ2n) is 7.63. The molecule has 1 atom stereocenters. The Morgan fingerprint density at radius 1 is 1.23 bits per heavy atom. The van der Waals surface area contributed by atoms with Crippen molar-refractivity contribution >= 4 is 41.7 Å². The Labute approximate surface area is 204 Å². The van der Waals surface area contributed by atoms with Gasteiger partial charge in [0.15, 0.2) is 5.96 Å². The van der Waals surface area contributed by atoms with Crippen molar-refractivity contribution < 1.29 is 9.53 Å². The Bertz CT molecular complexity index is 678. The fraction of sp³-hybridized carbons (Fsp3) is 0.682. The number of amides is 1. The van der Waals surface area contributed by atoms with Gasteiger partial charge in [-0.15, -0.1) is 24.0 Å². The molecule has 1 aromatic heterocycles. The van der Waals surface area contributed by atoms with Crippen LogP contribution in [-0.2, 0) is 9.53 Å². The third-order valence-electron chi connectivity index (χ3n) is 5.61. The number of hydrogen-bond acceptors (Lipinski definition) is 5. The molecule has 1 aromatic rings. The largest absolute Gasteiger partial charge is 0.379 e. The van der Waals surface area contributed by atoms with E-state index >= 15 is 0 Å². The molecule has 1 saturated heterocycles. The van der Waals surface area contributed by atoms with E-state index in [4.69, 9.17) is 4.74 Å². The van der Waals surface area contributed by atoms with Gasteiger partial charge in [0.25, 0.3) is 0 Å². The number of aryl methyl sites for hydroxylation is 1. The summed E-state index contributed by atoms with van der Waals surface area (Å²) in [6.07, 6.45) is 2.65. The van der Waals surface area contributed by atoms with E-state index in [2.05, 4.69) is 44.7 Å². The molecule has 31 heavy (non-hydrogen) atoms. The molecule has 0 spiro atoms. The predicted molar refractivity (Wildman–Crippen MR) is 137 cm³/mol. The van der Waals surface area contributed by atoms with Crippen LogP contribution in [0.5, 0.6) is 0 Å². The van der Waals surface area contributed by atoms with Gasteiger partial charge >= 0.3 is 0 Å². The highest BCUT2D eigenvalue weighted by molar-refractivity contribution is 14.0. The third kappa shape index (κ3) is 9.69. The number of aliphatic imine (C=N–C) groups is 1. The lowest BCUT2D eigenvalue weighted by Gasteiger charge is -2.39. The normalized spacial score (nSPS) is 15.8. The summed E-state index contributed by atoms with van der Waals surface area (Å²) < 4.78 is 5.53. The van der Waals surface area contributed by atoms with Crippen LogP contribution >= 0.6 is 24.0 Å². The maximum atomic E-state index is 12.2. The summed E-state index contributed by atoms with van der Waals surface area (Å²) in [5.41, 5.74) is 0.878. The monoisotopic (exact) mass is 546 g/mol. The maximum absolute atomic E-state index is 12.2. The van der Waals surface area contributed by atoms with Crippen LogP contribution in [0, 0.1) is 12.8 Å². The van der Waals surface area contributed by atoms with Crippen molar-refractivity contribution in [2.45, 2.75) is 46.1 Å². The van der Waals surface area contributed by atoms with Gasteiger partial charge < -0.3 is 20.7 Å². The third-order valence-corrected chi connectivity index (χ3v) is 5.61. The molecule has 1 aliphatic rings. The first-order chi connectivity index (χ1) is 14.6. The highest BCUT2D eigenvalue weighted by Gasteiger charge is 2.27. The topological polar surface area (TPSA) is 90.9 Å². The molecule has 0 radical (unpaired) electrons. The zero-order chi connectivity index (χ0) is 21.8. The summed E-state index contributed by atoms with van der Waals surface area (Å²) in [5.74, 6) is 1.86. The zero-order valence-corrected chi connectivity index (χ0v) is 21.6. The van der Waals surface area contributed by atoms with E-state index in [9.17, 15) is 4.79 Å². The van der Waals surface area contributed by atoms with Crippen LogP contribution in [-0.4, -0.2) is 74.2 Å². The van der Waals surface area contributed by atoms with Crippen LogP contribution in [0.15, 0.2) is 23.2 Å². The van der Waals surface area contributed by atoms with Crippen molar-refractivity contribution in [3.05, 3.63) is 23.9 Å². The van der Waals surface area contributed by atoms with Crippen LogP contribution in [0.1, 0.15) is 38.8 Å². The number of anilines is 1. The molecule has 2 rings (SSSR count). The average molecular weight is 546 g/mol. The van der Waals surface area contributed by atoms with Crippen molar-refractivity contribution in [3.63, 3.8) is 0 Å². The van der Waals surface area contributed by atoms with Crippen LogP contribution in [0.25, 0.3) is 0 Å². The van der Waals surface area contributed by atoms with Gasteiger partial charge in [-0.05, 0) is 25.0 Å². The minimum absolute atomic E-state index is 0. The van der Waals surface area contributed by atoms with Gasteiger partial charge in [0.05, 0.1) is 13.2 Å². The fourth-order valence-electron chi connectivity index (χ4n) is 3.87. The molecule has 1 amide bonds. The zero-order valence-electron chi connectivity index (χ0n) is 19.3. The Morgan fingerprint density at radius 3 is 2.55 bits per heavy atom. The number of carbonyl (C=O) groups is 1. The average Bonchev–Trinajstić information content (AvgIpc) is 2.75. The molecule has 3 N–H and O–H groups in total. The number of morpholine rings is 1. The number of carbonyl (C=O) groups excluding carboxylic acids is 1. The minimum atomic E-state index is -0.0701. The summed E-state index contributed by atoms with van der Waals surface area (Å²) in [6.45, 7) is 11.3. The van der Waals surface area contributed by atoms with Gasteiger partial charge in [0, 0.05) is 51.4 Å². The number of hydrogen-bond donors (Lipinski definition) is 3. The molecular weight excluding hydrogens is 507 g/mol. The summed E-state index contributed by atoms with van der Waals surface area (Å²) in [7, 11) is 1.76. The fourth-order valence-corrected chi connectivity index (χ4v) is 3.87. The molecular formula is C22H39IN6O2. The second-order valence-corrected chi connectivity index (χ2v) is 7.63. The van der Waals surface area contributed by atoms with Gasteiger partial charge in [-0.3, -0.25) is 14.7 Å². The summed E-state index contributed by atoms with van der Waals surface area (Å²) in [5, 5.41) is 9.53. The Morgan fingerprint density at radius 2 is 1.94 bits per heavy atom. The van der Waals surface area contributed by atoms with Crippen molar-refractivity contribution in [1.29, 1.82) is 0 Å². The Hall–Kier alpha value is -1.46. The van der Waals surface area contributed by atoms with Crippen molar-refractivity contribution in [2.75, 3.05) is 51.8 Å². The van der Waals surface area contributed by atoms with E-state index in [1.54, 1.807) is 13.1 Å². The van der Waals surface area contributed by atoms with E-state index < -0.39 is 0 Å². The number of aromatic nitrogens is 1. The number of nitrogens with zero attached hydrogens (tertiary/aromatic N) is 3. The van der Waals surface area contributed by atoms with E-state index in [0.717, 1.165) is 57.3 Å². The van der Waals surface area contributed by atoms with Gasteiger partial charge in [0.1, 0.15) is 5.82 Å². The first-order valence-corrected chi connectivity index (χ1v) is 11.1. The van der Waals surface area contributed by atoms with Gasteiger partial charge in [0.2, 0.25) is 5.91 Å². The summed E-state index contributed by atoms with van der Waals surface area (Å²) in [6, 6.07) is 6.02. The summed E-state index contributed by atoms with van der Waals surface area (Å²) >= 11 is 0. The standard InChI is InChI=1S/C22H38N6O2.HI/c1-5-18(6-2)19(28-12-14-30-15-13-28)16-25-22(23-4)24-11-10-21(29)27-20-9-7-8-17(3)26-20;/h7-9,18-19H,5-6,10-16H2,1-4H3,(H2,23,24,25)(H,26,27,29);1H. The smallest absolute Gasteiger partial charge is 0.227 e. The molecule has 1 fully saturated rings. The molecule has 1 unspecified atom stereocenters. The molecule has 9 heteroatoms. The molecule has 0 aliphatic carbocycles. The van der Waals surface area contributed by atoms with Crippen LogP contribution in [0.3, 0.4) is 0 Å². The lowest BCUT2D eigenvalue weighted by molar-refractivity contribution is -0.116. The lowest BCUT2D eigenvalue weighted by atomic mass is 9.92. The summed E-state index contributed by atoms with van der Waals surface area (Å²) in [4.78, 5) is 23.3. The van der Waals surface area contributed by atoms with Gasteiger partial charge in [-0.2, -0.15) is 0 Å². The second kappa shape index (κ2) is 15.4. The van der Waals surface area contributed by atoms with E-state index in [1.165, 1.54) is 0 Å². The molecule has 1 aliphatic heterocycles. The SMILES string of the molecule is CCC(CC)C(CNC(=NC)NCCC(=O)Nc1cccc(C)n1)N1CCOCC1.I. The van der Waals surface area contributed by atoms with Crippen molar-refractivity contribution in [1.82, 2.24) is 20.5 Å². The van der Waals surface area contributed by atoms with E-state index in [0.29, 0.717) is 30.7 Å². The number of rotatable bonds is 10. The molecule has 2 heterocycles. The van der Waals surface area contributed by atoms with Gasteiger partial charge in [-0.1, -0.05) is 32.8 Å². The number of nitrogens with one attached hydrogen (secondary N) is 3. The molecule has 0 bridgehead atoms. The highest BCUT2D eigenvalue weighted by Crippen LogP contribution is 2.19. The number of ether oxygens (including phenoxy) is 1. The van der Waals surface area contributed by atoms with Crippen LogP contribution in [0.4, 0.5) is 5.82 Å². The van der Waals surface area contributed by atoms with E-state index in [-0.39, 0.29) is 29.9 Å². The van der Waals surface area contributed by atoms with Crippen molar-refractivity contribution in [2.24, 2.45) is 10.9 Å². The van der Waals surface area contributed by atoms with Gasteiger partial charge in [-0.25, -0.2) is 4.98 Å². The number of pyridine rings is 1. The number of guanidine groups is 1. The first-order valence-electron chi connectivity index (χ1n) is 11.1. The Balaban J connectivity index is 0.00000480. The molecule has 0 saturated carbocycles. The number of halogens is 1. The van der Waals surface area contributed by atoms with Crippen molar-refractivity contribution in [3.8, 4) is 0 Å². The van der Waals surface area contributed by atoms with Crippen LogP contribution < -0.4 is 16.0 Å². The highest BCUT2D eigenvalue weighted by atomic mass is 127. The van der Waals surface area contributed by atoms with Crippen LogP contribution in [0.2, 0.25) is 0 Å². The Kier molecular flexibility index (Phi) is 13.7. The lowest BCUT2D eigenvalue weighted by Crippen LogP contribution is -2.53. The molecule has 176 valence electrons. The maximum Gasteiger partial charge on any atom is 0.227 e. The molecule has 0 aromatic carbocycles. The minimum Gasteiger partial charge on any atom is -0.379 e. The first kappa shape index (κ1) is 27.6.